The first-order chi connectivity index (χ1) is 8.75. The first-order valence-electron chi connectivity index (χ1n) is 5.91. The highest BCUT2D eigenvalue weighted by molar-refractivity contribution is 6.32. The standard InChI is InChI=1S/C15H15ClO2/c16-14-11-13(8-9-15(14)17)18-10-4-7-12-5-2-1-3-6-12/h1-3,5-6,8-9,11,17H,4,7,10H2. The molecule has 0 aliphatic carbocycles. The number of phenols is 1. The predicted molar refractivity (Wildman–Crippen MR) is 73.4 cm³/mol. The molecular formula is C15H15ClO2. The highest BCUT2D eigenvalue weighted by Gasteiger charge is 2.00. The molecule has 2 rings (SSSR count). The first kappa shape index (κ1) is 12.8. The molecule has 1 N–H and O–H groups in total. The number of hydrogen-bond donors (Lipinski definition) is 1. The molecule has 0 unspecified atom stereocenters. The molecule has 94 valence electrons. The van der Waals surface area contributed by atoms with Gasteiger partial charge in [-0.15, -0.1) is 0 Å². The van der Waals surface area contributed by atoms with E-state index in [0.717, 1.165) is 12.8 Å². The largest absolute Gasteiger partial charge is 0.506 e. The zero-order valence-corrected chi connectivity index (χ0v) is 10.7. The minimum atomic E-state index is 0.0771. The summed E-state index contributed by atoms with van der Waals surface area (Å²) in [4.78, 5) is 0. The van der Waals surface area contributed by atoms with Gasteiger partial charge in [-0.3, -0.25) is 0 Å². The van der Waals surface area contributed by atoms with E-state index in [9.17, 15) is 5.11 Å². The zero-order chi connectivity index (χ0) is 12.8. The van der Waals surface area contributed by atoms with Gasteiger partial charge in [-0.2, -0.15) is 0 Å². The highest BCUT2D eigenvalue weighted by Crippen LogP contribution is 2.27. The fourth-order valence-corrected chi connectivity index (χ4v) is 1.86. The van der Waals surface area contributed by atoms with Gasteiger partial charge in [0.05, 0.1) is 11.6 Å². The van der Waals surface area contributed by atoms with Gasteiger partial charge in [-0.1, -0.05) is 41.9 Å². The van der Waals surface area contributed by atoms with Gasteiger partial charge in [0.2, 0.25) is 0 Å². The second-order valence-corrected chi connectivity index (χ2v) is 4.46. The Labute approximate surface area is 112 Å². The Morgan fingerprint density at radius 1 is 1.06 bits per heavy atom. The maximum atomic E-state index is 9.28. The third-order valence-corrected chi connectivity index (χ3v) is 2.94. The Morgan fingerprint density at radius 2 is 1.83 bits per heavy atom. The Balaban J connectivity index is 1.77. The molecule has 0 aromatic heterocycles. The van der Waals surface area contributed by atoms with Gasteiger partial charge in [0.15, 0.2) is 0 Å². The first-order valence-corrected chi connectivity index (χ1v) is 6.29. The normalized spacial score (nSPS) is 10.3. The van der Waals surface area contributed by atoms with Gasteiger partial charge in [-0.05, 0) is 30.5 Å². The Hall–Kier alpha value is -1.67. The number of phenolic OH excluding ortho intramolecular Hbond substituents is 1. The van der Waals surface area contributed by atoms with Crippen molar-refractivity contribution in [3.63, 3.8) is 0 Å². The number of aryl methyl sites for hydroxylation is 1. The molecule has 0 amide bonds. The van der Waals surface area contributed by atoms with E-state index in [1.165, 1.54) is 11.6 Å². The van der Waals surface area contributed by atoms with Crippen molar-refractivity contribution >= 4 is 11.6 Å². The van der Waals surface area contributed by atoms with E-state index < -0.39 is 0 Å². The number of hydrogen-bond acceptors (Lipinski definition) is 2. The van der Waals surface area contributed by atoms with E-state index in [4.69, 9.17) is 16.3 Å². The minimum absolute atomic E-state index is 0.0771. The minimum Gasteiger partial charge on any atom is -0.506 e. The molecule has 2 aromatic carbocycles. The van der Waals surface area contributed by atoms with Crippen LogP contribution in [0.5, 0.6) is 11.5 Å². The van der Waals surface area contributed by atoms with Crippen molar-refractivity contribution in [3.8, 4) is 11.5 Å². The van der Waals surface area contributed by atoms with Crippen molar-refractivity contribution in [2.24, 2.45) is 0 Å². The number of ether oxygens (including phenoxy) is 1. The van der Waals surface area contributed by atoms with Crippen LogP contribution in [-0.4, -0.2) is 11.7 Å². The molecule has 0 saturated carbocycles. The van der Waals surface area contributed by atoms with E-state index in [1.807, 2.05) is 18.2 Å². The Morgan fingerprint density at radius 3 is 2.56 bits per heavy atom. The van der Waals surface area contributed by atoms with E-state index >= 15 is 0 Å². The Kier molecular flexibility index (Phi) is 4.48. The van der Waals surface area contributed by atoms with Crippen molar-refractivity contribution in [1.82, 2.24) is 0 Å². The monoisotopic (exact) mass is 262 g/mol. The molecule has 0 radical (unpaired) electrons. The van der Waals surface area contributed by atoms with E-state index in [1.54, 1.807) is 12.1 Å². The lowest BCUT2D eigenvalue weighted by Crippen LogP contribution is -1.99. The maximum absolute atomic E-state index is 9.28. The lowest BCUT2D eigenvalue weighted by molar-refractivity contribution is 0.310. The molecule has 0 spiro atoms. The maximum Gasteiger partial charge on any atom is 0.134 e. The predicted octanol–water partition coefficient (Wildman–Crippen LogP) is 4.06. The summed E-state index contributed by atoms with van der Waals surface area (Å²) in [5, 5.41) is 9.59. The lowest BCUT2D eigenvalue weighted by atomic mass is 10.1. The summed E-state index contributed by atoms with van der Waals surface area (Å²) in [6, 6.07) is 15.2. The van der Waals surface area contributed by atoms with Crippen LogP contribution < -0.4 is 4.74 Å². The molecule has 2 nitrogen and oxygen atoms in total. The average Bonchev–Trinajstić information content (AvgIpc) is 2.40. The van der Waals surface area contributed by atoms with E-state index in [-0.39, 0.29) is 5.75 Å². The summed E-state index contributed by atoms with van der Waals surface area (Å²) in [6.45, 7) is 0.635. The molecule has 3 heteroatoms. The van der Waals surface area contributed by atoms with Crippen LogP contribution in [0.4, 0.5) is 0 Å². The molecule has 0 aliphatic rings. The topological polar surface area (TPSA) is 29.5 Å². The fourth-order valence-electron chi connectivity index (χ4n) is 1.69. The molecule has 2 aromatic rings. The van der Waals surface area contributed by atoms with Gasteiger partial charge in [0.1, 0.15) is 11.5 Å². The van der Waals surface area contributed by atoms with Crippen LogP contribution in [0.2, 0.25) is 5.02 Å². The number of benzene rings is 2. The van der Waals surface area contributed by atoms with Gasteiger partial charge >= 0.3 is 0 Å². The quantitative estimate of drug-likeness (QED) is 0.824. The second-order valence-electron chi connectivity index (χ2n) is 4.05. The SMILES string of the molecule is Oc1ccc(OCCCc2ccccc2)cc1Cl. The summed E-state index contributed by atoms with van der Waals surface area (Å²) in [7, 11) is 0. The van der Waals surface area contributed by atoms with Crippen molar-refractivity contribution < 1.29 is 9.84 Å². The summed E-state index contributed by atoms with van der Waals surface area (Å²) in [5.74, 6) is 0.763. The van der Waals surface area contributed by atoms with Crippen LogP contribution in [0, 0.1) is 0 Å². The molecule has 0 heterocycles. The second kappa shape index (κ2) is 6.31. The van der Waals surface area contributed by atoms with Crippen molar-refractivity contribution in [1.29, 1.82) is 0 Å². The summed E-state index contributed by atoms with van der Waals surface area (Å²) in [5.41, 5.74) is 1.31. The number of halogens is 1. The third-order valence-electron chi connectivity index (χ3n) is 2.64. The summed E-state index contributed by atoms with van der Waals surface area (Å²) in [6.07, 6.45) is 1.94. The zero-order valence-electron chi connectivity index (χ0n) is 9.97. The summed E-state index contributed by atoms with van der Waals surface area (Å²) >= 11 is 5.79. The van der Waals surface area contributed by atoms with E-state index in [2.05, 4.69) is 12.1 Å². The molecule has 0 saturated heterocycles. The lowest BCUT2D eigenvalue weighted by Gasteiger charge is -2.07. The Bertz CT molecular complexity index is 497. The molecular weight excluding hydrogens is 248 g/mol. The molecule has 0 fully saturated rings. The van der Waals surface area contributed by atoms with Crippen molar-refractivity contribution in [2.45, 2.75) is 12.8 Å². The highest BCUT2D eigenvalue weighted by atomic mass is 35.5. The van der Waals surface area contributed by atoms with Crippen LogP contribution in [0.3, 0.4) is 0 Å². The van der Waals surface area contributed by atoms with Gasteiger partial charge in [0, 0.05) is 6.07 Å². The molecule has 0 bridgehead atoms. The number of aromatic hydroxyl groups is 1. The average molecular weight is 263 g/mol. The molecule has 0 atom stereocenters. The fraction of sp³-hybridized carbons (Fsp3) is 0.200. The molecule has 18 heavy (non-hydrogen) atoms. The van der Waals surface area contributed by atoms with Crippen molar-refractivity contribution in [2.75, 3.05) is 6.61 Å². The van der Waals surface area contributed by atoms with Crippen LogP contribution >= 0.6 is 11.6 Å². The summed E-state index contributed by atoms with van der Waals surface area (Å²) < 4.78 is 5.57. The molecule has 0 aliphatic heterocycles. The van der Waals surface area contributed by atoms with Gasteiger partial charge < -0.3 is 9.84 Å². The number of rotatable bonds is 5. The van der Waals surface area contributed by atoms with Crippen LogP contribution in [-0.2, 0) is 6.42 Å². The van der Waals surface area contributed by atoms with Crippen LogP contribution in [0.25, 0.3) is 0 Å². The third kappa shape index (κ3) is 3.67. The van der Waals surface area contributed by atoms with Gasteiger partial charge in [0.25, 0.3) is 0 Å². The van der Waals surface area contributed by atoms with Crippen LogP contribution in [0.15, 0.2) is 48.5 Å². The van der Waals surface area contributed by atoms with Crippen LogP contribution in [0.1, 0.15) is 12.0 Å². The van der Waals surface area contributed by atoms with E-state index in [0.29, 0.717) is 17.4 Å². The van der Waals surface area contributed by atoms with Crippen molar-refractivity contribution in [3.05, 3.63) is 59.1 Å². The smallest absolute Gasteiger partial charge is 0.134 e. The van der Waals surface area contributed by atoms with Gasteiger partial charge in [-0.25, -0.2) is 0 Å².